The third-order valence-electron chi connectivity index (χ3n) is 4.95. The summed E-state index contributed by atoms with van der Waals surface area (Å²) in [4.78, 5) is 24.4. The highest BCUT2D eigenvalue weighted by atomic mass is 19.4. The average molecular weight is 414 g/mol. The number of hydrogen-bond donors (Lipinski definition) is 2. The van der Waals surface area contributed by atoms with Crippen LogP contribution in [0, 0.1) is 5.92 Å². The third kappa shape index (κ3) is 4.22. The lowest BCUT2D eigenvalue weighted by molar-refractivity contribution is -0.138. The zero-order valence-electron chi connectivity index (χ0n) is 15.6. The van der Waals surface area contributed by atoms with Gasteiger partial charge in [0.1, 0.15) is 0 Å². The quantitative estimate of drug-likeness (QED) is 0.596. The van der Waals surface area contributed by atoms with Gasteiger partial charge in [0, 0.05) is 17.3 Å². The van der Waals surface area contributed by atoms with E-state index in [9.17, 15) is 22.8 Å². The van der Waals surface area contributed by atoms with Crippen LogP contribution in [-0.4, -0.2) is 11.8 Å². The van der Waals surface area contributed by atoms with Crippen LogP contribution in [-0.2, 0) is 11.0 Å². The fraction of sp³-hybridized carbons (Fsp3) is 0.182. The topological polar surface area (TPSA) is 71.3 Å². The lowest BCUT2D eigenvalue weighted by Crippen LogP contribution is -2.16. The molecule has 4 rings (SSSR count). The maximum atomic E-state index is 13.2. The van der Waals surface area contributed by atoms with E-state index in [2.05, 4.69) is 10.6 Å². The molecule has 2 atom stereocenters. The van der Waals surface area contributed by atoms with Gasteiger partial charge in [-0.3, -0.25) is 9.59 Å². The molecule has 0 aliphatic heterocycles. The van der Waals surface area contributed by atoms with Crippen molar-refractivity contribution in [2.24, 2.45) is 5.92 Å². The van der Waals surface area contributed by atoms with Gasteiger partial charge in [-0.05, 0) is 60.4 Å². The van der Waals surface area contributed by atoms with E-state index in [0.717, 1.165) is 6.07 Å². The molecule has 0 spiro atoms. The molecule has 2 aromatic carbocycles. The molecule has 154 valence electrons. The summed E-state index contributed by atoms with van der Waals surface area (Å²) in [5, 5.41) is 5.38. The van der Waals surface area contributed by atoms with Crippen LogP contribution in [0.15, 0.2) is 71.3 Å². The van der Waals surface area contributed by atoms with Crippen LogP contribution >= 0.6 is 0 Å². The largest absolute Gasteiger partial charge is 0.459 e. The van der Waals surface area contributed by atoms with E-state index in [1.165, 1.54) is 24.5 Å². The molecule has 0 saturated heterocycles. The number of amides is 2. The van der Waals surface area contributed by atoms with Gasteiger partial charge in [0.2, 0.25) is 5.91 Å². The number of furan rings is 1. The molecule has 1 aliphatic carbocycles. The number of rotatable bonds is 5. The van der Waals surface area contributed by atoms with E-state index in [1.807, 2.05) is 0 Å². The predicted molar refractivity (Wildman–Crippen MR) is 104 cm³/mol. The van der Waals surface area contributed by atoms with Crippen LogP contribution < -0.4 is 10.6 Å². The van der Waals surface area contributed by atoms with Crippen molar-refractivity contribution < 1.29 is 27.2 Å². The fourth-order valence-electron chi connectivity index (χ4n) is 3.38. The summed E-state index contributed by atoms with van der Waals surface area (Å²) in [6.45, 7) is 0. The van der Waals surface area contributed by atoms with Gasteiger partial charge in [-0.15, -0.1) is 0 Å². The summed E-state index contributed by atoms with van der Waals surface area (Å²) in [5.41, 5.74) is 0.464. The lowest BCUT2D eigenvalue weighted by Gasteiger charge is -2.12. The first-order chi connectivity index (χ1) is 14.3. The third-order valence-corrected chi connectivity index (χ3v) is 4.95. The van der Waals surface area contributed by atoms with Crippen molar-refractivity contribution in [2.75, 3.05) is 10.6 Å². The molecule has 0 radical (unpaired) electrons. The Bertz CT molecular complexity index is 1060. The summed E-state index contributed by atoms with van der Waals surface area (Å²) in [5.74, 6) is -1.52. The second-order valence-corrected chi connectivity index (χ2v) is 7.03. The minimum Gasteiger partial charge on any atom is -0.459 e. The fourth-order valence-corrected chi connectivity index (χ4v) is 3.38. The summed E-state index contributed by atoms with van der Waals surface area (Å²) >= 11 is 0. The standard InChI is InChI=1S/C22H17F3N2O3/c23-22(24,25)18-5-2-1-4-15(18)16-12-17(16)20(28)26-13-7-9-14(10-8-13)27-21(29)19-6-3-11-30-19/h1-11,16-17H,12H2,(H,26,28)(H,27,29). The van der Waals surface area contributed by atoms with E-state index in [4.69, 9.17) is 4.42 Å². The molecule has 1 fully saturated rings. The molecule has 5 nitrogen and oxygen atoms in total. The molecule has 2 N–H and O–H groups in total. The number of hydrogen-bond acceptors (Lipinski definition) is 3. The molecule has 1 saturated carbocycles. The molecule has 1 heterocycles. The first kappa shape index (κ1) is 19.8. The Morgan fingerprint density at radius 2 is 1.57 bits per heavy atom. The molecule has 3 aromatic rings. The first-order valence-corrected chi connectivity index (χ1v) is 9.25. The van der Waals surface area contributed by atoms with Crippen LogP contribution in [0.3, 0.4) is 0 Å². The number of halogens is 3. The normalized spacial score (nSPS) is 18.0. The number of alkyl halides is 3. The summed E-state index contributed by atoms with van der Waals surface area (Å²) in [7, 11) is 0. The maximum Gasteiger partial charge on any atom is 0.416 e. The number of carbonyl (C=O) groups excluding carboxylic acids is 2. The van der Waals surface area contributed by atoms with Gasteiger partial charge in [-0.25, -0.2) is 0 Å². The van der Waals surface area contributed by atoms with E-state index in [0.29, 0.717) is 17.8 Å². The van der Waals surface area contributed by atoms with Gasteiger partial charge in [0.05, 0.1) is 11.8 Å². The van der Waals surface area contributed by atoms with Gasteiger partial charge in [0.25, 0.3) is 5.91 Å². The number of benzene rings is 2. The van der Waals surface area contributed by atoms with Gasteiger partial charge >= 0.3 is 6.18 Å². The SMILES string of the molecule is O=C(Nc1ccc(NC(=O)C2CC2c2ccccc2C(F)(F)F)cc1)c1ccco1. The molecule has 2 amide bonds. The molecule has 8 heteroatoms. The van der Waals surface area contributed by atoms with Gasteiger partial charge in [0.15, 0.2) is 5.76 Å². The monoisotopic (exact) mass is 414 g/mol. The zero-order chi connectivity index (χ0) is 21.3. The Morgan fingerprint density at radius 3 is 2.20 bits per heavy atom. The summed E-state index contributed by atoms with van der Waals surface area (Å²) in [6.07, 6.45) is -2.68. The van der Waals surface area contributed by atoms with E-state index in [-0.39, 0.29) is 17.2 Å². The lowest BCUT2D eigenvalue weighted by atomic mass is 10.0. The van der Waals surface area contributed by atoms with Crippen molar-refractivity contribution >= 4 is 23.2 Å². The molecule has 1 aliphatic rings. The summed E-state index contributed by atoms with van der Waals surface area (Å²) < 4.78 is 44.6. The van der Waals surface area contributed by atoms with E-state index in [1.54, 1.807) is 36.4 Å². The number of anilines is 2. The first-order valence-electron chi connectivity index (χ1n) is 9.25. The smallest absolute Gasteiger partial charge is 0.416 e. The highest BCUT2D eigenvalue weighted by Gasteiger charge is 2.47. The predicted octanol–water partition coefficient (Wildman–Crippen LogP) is 5.29. The molecule has 1 aromatic heterocycles. The van der Waals surface area contributed by atoms with Crippen molar-refractivity contribution in [3.8, 4) is 0 Å². The van der Waals surface area contributed by atoms with Crippen molar-refractivity contribution in [1.29, 1.82) is 0 Å². The van der Waals surface area contributed by atoms with Crippen LogP contribution in [0.4, 0.5) is 24.5 Å². The zero-order valence-corrected chi connectivity index (χ0v) is 15.6. The van der Waals surface area contributed by atoms with Crippen molar-refractivity contribution in [2.45, 2.75) is 18.5 Å². The molecule has 0 bridgehead atoms. The van der Waals surface area contributed by atoms with E-state index < -0.39 is 29.5 Å². The van der Waals surface area contributed by atoms with Gasteiger partial charge < -0.3 is 15.1 Å². The number of carbonyl (C=O) groups is 2. The Labute approximate surface area is 169 Å². The van der Waals surface area contributed by atoms with Crippen LogP contribution in [0.2, 0.25) is 0 Å². The summed E-state index contributed by atoms with van der Waals surface area (Å²) in [6, 6.07) is 14.9. The van der Waals surface area contributed by atoms with Crippen LogP contribution in [0.25, 0.3) is 0 Å². The molecule has 30 heavy (non-hydrogen) atoms. The average Bonchev–Trinajstić information content (AvgIpc) is 3.33. The minimum atomic E-state index is -4.45. The van der Waals surface area contributed by atoms with E-state index >= 15 is 0 Å². The highest BCUT2D eigenvalue weighted by Crippen LogP contribution is 2.51. The Hall–Kier alpha value is -3.55. The van der Waals surface area contributed by atoms with Gasteiger partial charge in [-0.2, -0.15) is 13.2 Å². The minimum absolute atomic E-state index is 0.154. The van der Waals surface area contributed by atoms with Crippen LogP contribution in [0.1, 0.15) is 34.0 Å². The van der Waals surface area contributed by atoms with Crippen molar-refractivity contribution in [3.05, 3.63) is 83.8 Å². The second-order valence-electron chi connectivity index (χ2n) is 7.03. The molecular formula is C22H17F3N2O3. The Kier molecular flexibility index (Phi) is 5.07. The van der Waals surface area contributed by atoms with Crippen LogP contribution in [0.5, 0.6) is 0 Å². The maximum absolute atomic E-state index is 13.2. The van der Waals surface area contributed by atoms with Crippen molar-refractivity contribution in [1.82, 2.24) is 0 Å². The second kappa shape index (κ2) is 7.70. The number of nitrogens with one attached hydrogen (secondary N) is 2. The molecular weight excluding hydrogens is 397 g/mol. The Balaban J connectivity index is 1.37. The Morgan fingerprint density at radius 1 is 0.900 bits per heavy atom. The van der Waals surface area contributed by atoms with Gasteiger partial charge in [-0.1, -0.05) is 18.2 Å². The molecule has 2 unspecified atom stereocenters. The van der Waals surface area contributed by atoms with Crippen molar-refractivity contribution in [3.63, 3.8) is 0 Å². The highest BCUT2D eigenvalue weighted by molar-refractivity contribution is 6.02.